The van der Waals surface area contributed by atoms with Crippen molar-refractivity contribution in [3.8, 4) is 11.5 Å². The van der Waals surface area contributed by atoms with E-state index in [4.69, 9.17) is 13.9 Å². The van der Waals surface area contributed by atoms with E-state index in [9.17, 15) is 9.59 Å². The van der Waals surface area contributed by atoms with Crippen LogP contribution in [0.2, 0.25) is 0 Å². The highest BCUT2D eigenvalue weighted by molar-refractivity contribution is 8.03. The molecular formula is C22H19NO5S2. The van der Waals surface area contributed by atoms with Gasteiger partial charge in [0, 0.05) is 4.88 Å². The monoisotopic (exact) mass is 441 g/mol. The van der Waals surface area contributed by atoms with Gasteiger partial charge in [-0.25, -0.2) is 0 Å². The highest BCUT2D eigenvalue weighted by Gasteiger charge is 2.39. The Morgan fingerprint density at radius 1 is 1.03 bits per heavy atom. The molecule has 4 rings (SSSR count). The van der Waals surface area contributed by atoms with Crippen LogP contribution in [0.4, 0.5) is 0 Å². The molecule has 0 N–H and O–H groups in total. The van der Waals surface area contributed by atoms with Crippen molar-refractivity contribution < 1.29 is 23.5 Å². The molecule has 0 saturated carbocycles. The standard InChI is InChI=1S/C22H19NO5S2/c1-26-15-6-8-16(9-7-15)28-12-10-23-21(24)19(18-5-3-13-29-18)20(22(23)25)30-14-17-4-2-11-27-17/h2-9,11,13H,10,12,14H2,1H3. The number of carbonyl (C=O) groups excluding carboxylic acids is 2. The normalized spacial score (nSPS) is 14.0. The molecule has 8 heteroatoms. The number of thiophene rings is 1. The van der Waals surface area contributed by atoms with Crippen molar-refractivity contribution in [2.75, 3.05) is 20.3 Å². The summed E-state index contributed by atoms with van der Waals surface area (Å²) in [7, 11) is 1.60. The molecule has 0 unspecified atom stereocenters. The molecule has 3 heterocycles. The minimum Gasteiger partial charge on any atom is -0.497 e. The Hall–Kier alpha value is -2.97. The number of thioether (sulfide) groups is 1. The molecular weight excluding hydrogens is 422 g/mol. The zero-order valence-electron chi connectivity index (χ0n) is 16.2. The van der Waals surface area contributed by atoms with Crippen molar-refractivity contribution in [3.05, 3.63) is 75.7 Å². The van der Waals surface area contributed by atoms with E-state index >= 15 is 0 Å². The summed E-state index contributed by atoms with van der Waals surface area (Å²) in [5.74, 6) is 2.02. The van der Waals surface area contributed by atoms with Gasteiger partial charge < -0.3 is 13.9 Å². The van der Waals surface area contributed by atoms with E-state index < -0.39 is 0 Å². The number of carbonyl (C=O) groups is 2. The van der Waals surface area contributed by atoms with Gasteiger partial charge in [-0.05, 0) is 47.8 Å². The van der Waals surface area contributed by atoms with Crippen molar-refractivity contribution in [2.24, 2.45) is 0 Å². The van der Waals surface area contributed by atoms with E-state index in [0.29, 0.717) is 22.0 Å². The molecule has 0 aliphatic carbocycles. The minimum absolute atomic E-state index is 0.170. The maximum Gasteiger partial charge on any atom is 0.268 e. The average molecular weight is 442 g/mol. The predicted octanol–water partition coefficient (Wildman–Crippen LogP) is 4.44. The summed E-state index contributed by atoms with van der Waals surface area (Å²) in [6, 6.07) is 14.5. The van der Waals surface area contributed by atoms with Crippen LogP contribution < -0.4 is 9.47 Å². The van der Waals surface area contributed by atoms with E-state index in [-0.39, 0.29) is 25.0 Å². The molecule has 154 valence electrons. The summed E-state index contributed by atoms with van der Waals surface area (Å²) in [6.45, 7) is 0.376. The van der Waals surface area contributed by atoms with E-state index in [0.717, 1.165) is 16.4 Å². The van der Waals surface area contributed by atoms with Crippen LogP contribution in [0, 0.1) is 0 Å². The van der Waals surface area contributed by atoms with E-state index in [1.54, 1.807) is 43.7 Å². The lowest BCUT2D eigenvalue weighted by molar-refractivity contribution is -0.136. The van der Waals surface area contributed by atoms with Gasteiger partial charge in [-0.15, -0.1) is 23.1 Å². The number of hydrogen-bond donors (Lipinski definition) is 0. The Kier molecular flexibility index (Phi) is 6.25. The van der Waals surface area contributed by atoms with Crippen LogP contribution in [0.15, 0.2) is 69.5 Å². The third-order valence-electron chi connectivity index (χ3n) is 4.47. The van der Waals surface area contributed by atoms with Crippen LogP contribution >= 0.6 is 23.1 Å². The summed E-state index contributed by atoms with van der Waals surface area (Å²) in [6.07, 6.45) is 1.59. The molecule has 0 fully saturated rings. The first kappa shape index (κ1) is 20.3. The molecule has 30 heavy (non-hydrogen) atoms. The van der Waals surface area contributed by atoms with Gasteiger partial charge >= 0.3 is 0 Å². The Morgan fingerprint density at radius 3 is 2.50 bits per heavy atom. The minimum atomic E-state index is -0.293. The highest BCUT2D eigenvalue weighted by Crippen LogP contribution is 2.39. The van der Waals surface area contributed by atoms with Crippen molar-refractivity contribution in [3.63, 3.8) is 0 Å². The van der Waals surface area contributed by atoms with Gasteiger partial charge in [0.15, 0.2) is 0 Å². The van der Waals surface area contributed by atoms with Crippen molar-refractivity contribution in [2.45, 2.75) is 5.75 Å². The summed E-state index contributed by atoms with van der Waals surface area (Å²) < 4.78 is 16.2. The average Bonchev–Trinajstić information content (AvgIpc) is 3.51. The summed E-state index contributed by atoms with van der Waals surface area (Å²) in [4.78, 5) is 28.6. The Bertz CT molecular complexity index is 1040. The lowest BCUT2D eigenvalue weighted by Gasteiger charge is -2.15. The summed E-state index contributed by atoms with van der Waals surface area (Å²) in [5.41, 5.74) is 0.455. The fourth-order valence-corrected chi connectivity index (χ4v) is 4.85. The molecule has 0 radical (unpaired) electrons. The fourth-order valence-electron chi connectivity index (χ4n) is 2.99. The number of methoxy groups -OCH3 is 1. The second-order valence-corrected chi connectivity index (χ2v) is 8.27. The molecule has 1 aliphatic rings. The maximum atomic E-state index is 13.1. The number of furan rings is 1. The first-order valence-corrected chi connectivity index (χ1v) is 11.1. The molecule has 1 aromatic carbocycles. The van der Waals surface area contributed by atoms with Crippen LogP contribution in [0.25, 0.3) is 5.57 Å². The molecule has 0 atom stereocenters. The fraction of sp³-hybridized carbons (Fsp3) is 0.182. The van der Waals surface area contributed by atoms with Gasteiger partial charge in [-0.3, -0.25) is 14.5 Å². The highest BCUT2D eigenvalue weighted by atomic mass is 32.2. The lowest BCUT2D eigenvalue weighted by Crippen LogP contribution is -2.35. The van der Waals surface area contributed by atoms with Crippen molar-refractivity contribution in [1.29, 1.82) is 0 Å². The van der Waals surface area contributed by atoms with E-state index in [1.807, 2.05) is 23.6 Å². The number of nitrogens with zero attached hydrogens (tertiary/aromatic N) is 1. The lowest BCUT2D eigenvalue weighted by atomic mass is 10.2. The molecule has 2 amide bonds. The third-order valence-corrected chi connectivity index (χ3v) is 6.46. The quantitative estimate of drug-likeness (QED) is 0.457. The van der Waals surface area contributed by atoms with Crippen LogP contribution in [0.3, 0.4) is 0 Å². The second-order valence-electron chi connectivity index (χ2n) is 6.34. The molecule has 6 nitrogen and oxygen atoms in total. The van der Waals surface area contributed by atoms with Gasteiger partial charge in [-0.2, -0.15) is 0 Å². The third kappa shape index (κ3) is 4.29. The van der Waals surface area contributed by atoms with Crippen LogP contribution in [0.5, 0.6) is 11.5 Å². The van der Waals surface area contributed by atoms with E-state index in [2.05, 4.69) is 0 Å². The Labute approximate surface area is 182 Å². The first-order valence-electron chi connectivity index (χ1n) is 9.23. The number of amides is 2. The zero-order valence-corrected chi connectivity index (χ0v) is 17.8. The van der Waals surface area contributed by atoms with Crippen LogP contribution in [0.1, 0.15) is 10.6 Å². The van der Waals surface area contributed by atoms with Crippen molar-refractivity contribution in [1.82, 2.24) is 4.90 Å². The van der Waals surface area contributed by atoms with E-state index in [1.165, 1.54) is 28.0 Å². The summed E-state index contributed by atoms with van der Waals surface area (Å²) in [5, 5.41) is 1.89. The van der Waals surface area contributed by atoms with Gasteiger partial charge in [0.05, 0.1) is 36.1 Å². The molecule has 0 saturated heterocycles. The first-order chi connectivity index (χ1) is 14.7. The van der Waals surface area contributed by atoms with Crippen LogP contribution in [-0.4, -0.2) is 37.0 Å². The molecule has 3 aromatic rings. The summed E-state index contributed by atoms with van der Waals surface area (Å²) >= 11 is 2.77. The largest absolute Gasteiger partial charge is 0.497 e. The van der Waals surface area contributed by atoms with Gasteiger partial charge in [-0.1, -0.05) is 6.07 Å². The SMILES string of the molecule is COc1ccc(OCCN2C(=O)C(SCc3ccco3)=C(c3cccs3)C2=O)cc1. The predicted molar refractivity (Wildman–Crippen MR) is 116 cm³/mol. The van der Waals surface area contributed by atoms with Gasteiger partial charge in [0.25, 0.3) is 11.8 Å². The smallest absolute Gasteiger partial charge is 0.268 e. The van der Waals surface area contributed by atoms with Crippen LogP contribution in [-0.2, 0) is 15.3 Å². The Morgan fingerprint density at radius 2 is 1.83 bits per heavy atom. The number of benzene rings is 1. The second kappa shape index (κ2) is 9.23. The zero-order chi connectivity index (χ0) is 20.9. The number of imide groups is 1. The topological polar surface area (TPSA) is 69.0 Å². The van der Waals surface area contributed by atoms with Gasteiger partial charge in [0.1, 0.15) is 23.9 Å². The molecule has 0 spiro atoms. The molecule has 2 aromatic heterocycles. The molecule has 1 aliphatic heterocycles. The van der Waals surface area contributed by atoms with Crippen molar-refractivity contribution >= 4 is 40.5 Å². The number of rotatable bonds is 9. The maximum absolute atomic E-state index is 13.1. The number of hydrogen-bond acceptors (Lipinski definition) is 7. The number of ether oxygens (including phenoxy) is 2. The molecule has 0 bridgehead atoms. The van der Waals surface area contributed by atoms with Gasteiger partial charge in [0.2, 0.25) is 0 Å². The Balaban J connectivity index is 1.45.